The van der Waals surface area contributed by atoms with E-state index in [1.165, 1.54) is 12.1 Å². The van der Waals surface area contributed by atoms with Crippen LogP contribution in [0.25, 0.3) is 10.9 Å². The van der Waals surface area contributed by atoms with E-state index in [1.54, 1.807) is 50.2 Å². The van der Waals surface area contributed by atoms with Gasteiger partial charge in [0.2, 0.25) is 5.91 Å². The molecule has 9 heteroatoms. The Morgan fingerprint density at radius 1 is 1.10 bits per heavy atom. The standard InChI is InChI=1S/C21H22N4O5/c1-12(2)18(25-20(28)15-5-3-4-6-16(15)23-24-25)19(27)22-17(21(29)30)11-13-7-9-14(26)10-8-13/h3-10,12,17-18,26H,11H2,1-2H3,(H,22,27)(H,29,30)/t17-,18-/m0/s1. The van der Waals surface area contributed by atoms with Crippen LogP contribution in [0.15, 0.2) is 53.3 Å². The van der Waals surface area contributed by atoms with E-state index in [0.29, 0.717) is 16.5 Å². The molecule has 0 radical (unpaired) electrons. The van der Waals surface area contributed by atoms with E-state index in [1.807, 2.05) is 0 Å². The summed E-state index contributed by atoms with van der Waals surface area (Å²) in [6, 6.07) is 10.5. The number of rotatable bonds is 7. The molecule has 2 atom stereocenters. The lowest BCUT2D eigenvalue weighted by Gasteiger charge is -2.23. The fourth-order valence-corrected chi connectivity index (χ4v) is 3.21. The van der Waals surface area contributed by atoms with Crippen molar-refractivity contribution < 1.29 is 19.8 Å². The second-order valence-electron chi connectivity index (χ2n) is 7.32. The van der Waals surface area contributed by atoms with Gasteiger partial charge >= 0.3 is 5.97 Å². The van der Waals surface area contributed by atoms with Crippen LogP contribution in [0, 0.1) is 5.92 Å². The lowest BCUT2D eigenvalue weighted by molar-refractivity contribution is -0.142. The highest BCUT2D eigenvalue weighted by Crippen LogP contribution is 2.17. The van der Waals surface area contributed by atoms with Crippen molar-refractivity contribution in [2.24, 2.45) is 5.92 Å². The van der Waals surface area contributed by atoms with E-state index in [4.69, 9.17) is 0 Å². The Hall–Kier alpha value is -3.75. The third-order valence-corrected chi connectivity index (χ3v) is 4.75. The van der Waals surface area contributed by atoms with Gasteiger partial charge in [-0.2, -0.15) is 4.68 Å². The van der Waals surface area contributed by atoms with E-state index >= 15 is 0 Å². The molecule has 2 aromatic carbocycles. The monoisotopic (exact) mass is 410 g/mol. The topological polar surface area (TPSA) is 134 Å². The quantitative estimate of drug-likeness (QED) is 0.537. The third kappa shape index (κ3) is 4.45. The number of aromatic hydroxyl groups is 1. The summed E-state index contributed by atoms with van der Waals surface area (Å²) in [4.78, 5) is 37.6. The summed E-state index contributed by atoms with van der Waals surface area (Å²) in [6.07, 6.45) is 0.0183. The van der Waals surface area contributed by atoms with Gasteiger partial charge < -0.3 is 15.5 Å². The Balaban J connectivity index is 1.89. The maximum absolute atomic E-state index is 13.0. The van der Waals surface area contributed by atoms with Crippen LogP contribution in [0.5, 0.6) is 5.75 Å². The van der Waals surface area contributed by atoms with Crippen molar-refractivity contribution in [2.75, 3.05) is 0 Å². The lowest BCUT2D eigenvalue weighted by Crippen LogP contribution is -2.48. The van der Waals surface area contributed by atoms with Gasteiger partial charge in [0.05, 0.1) is 5.39 Å². The fourth-order valence-electron chi connectivity index (χ4n) is 3.21. The lowest BCUT2D eigenvalue weighted by atomic mass is 10.0. The first kappa shape index (κ1) is 21.0. The number of fused-ring (bicyclic) bond motifs is 1. The van der Waals surface area contributed by atoms with Crippen LogP contribution in [-0.4, -0.2) is 43.1 Å². The van der Waals surface area contributed by atoms with Crippen molar-refractivity contribution in [1.82, 2.24) is 20.3 Å². The summed E-state index contributed by atoms with van der Waals surface area (Å²) in [5.41, 5.74) is 0.571. The summed E-state index contributed by atoms with van der Waals surface area (Å²) < 4.78 is 1.00. The molecule has 0 aliphatic heterocycles. The van der Waals surface area contributed by atoms with Crippen molar-refractivity contribution in [2.45, 2.75) is 32.4 Å². The predicted octanol–water partition coefficient (Wildman–Crippen LogP) is 1.51. The molecule has 0 aliphatic rings. The van der Waals surface area contributed by atoms with Crippen LogP contribution in [-0.2, 0) is 16.0 Å². The zero-order chi connectivity index (χ0) is 21.8. The Morgan fingerprint density at radius 3 is 2.40 bits per heavy atom. The van der Waals surface area contributed by atoms with Crippen molar-refractivity contribution in [3.63, 3.8) is 0 Å². The van der Waals surface area contributed by atoms with E-state index in [-0.39, 0.29) is 18.1 Å². The predicted molar refractivity (Wildman–Crippen MR) is 109 cm³/mol. The van der Waals surface area contributed by atoms with Gasteiger partial charge in [-0.3, -0.25) is 9.59 Å². The summed E-state index contributed by atoms with van der Waals surface area (Å²) in [7, 11) is 0. The number of carbonyl (C=O) groups is 2. The third-order valence-electron chi connectivity index (χ3n) is 4.75. The highest BCUT2D eigenvalue weighted by molar-refractivity contribution is 5.86. The molecule has 3 N–H and O–H groups in total. The molecule has 156 valence electrons. The minimum Gasteiger partial charge on any atom is -0.508 e. The number of phenolic OH excluding ortho intramolecular Hbond substituents is 1. The number of phenols is 1. The molecular weight excluding hydrogens is 388 g/mol. The number of aliphatic carboxylic acids is 1. The molecule has 3 aromatic rings. The number of carboxylic acids is 1. The van der Waals surface area contributed by atoms with Gasteiger partial charge in [0.25, 0.3) is 5.56 Å². The first-order valence-electron chi connectivity index (χ1n) is 9.43. The van der Waals surface area contributed by atoms with Crippen LogP contribution in [0.2, 0.25) is 0 Å². The number of carbonyl (C=O) groups excluding carboxylic acids is 1. The molecule has 0 aliphatic carbocycles. The van der Waals surface area contributed by atoms with Gasteiger partial charge in [-0.05, 0) is 35.7 Å². The van der Waals surface area contributed by atoms with Crippen LogP contribution in [0.3, 0.4) is 0 Å². The molecule has 0 spiro atoms. The van der Waals surface area contributed by atoms with E-state index < -0.39 is 29.5 Å². The van der Waals surface area contributed by atoms with Crippen LogP contribution < -0.4 is 10.9 Å². The average Bonchev–Trinajstić information content (AvgIpc) is 2.71. The molecule has 0 bridgehead atoms. The molecule has 1 aromatic heterocycles. The minimum absolute atomic E-state index is 0.0183. The summed E-state index contributed by atoms with van der Waals surface area (Å²) in [5, 5.41) is 29.7. The van der Waals surface area contributed by atoms with E-state index in [0.717, 1.165) is 4.68 Å². The molecule has 0 saturated heterocycles. The van der Waals surface area contributed by atoms with Crippen molar-refractivity contribution in [3.05, 3.63) is 64.4 Å². The molecular formula is C21H22N4O5. The minimum atomic E-state index is -1.22. The SMILES string of the molecule is CC(C)[C@@H](C(=O)N[C@@H](Cc1ccc(O)cc1)C(=O)O)n1nnc2ccccc2c1=O. The van der Waals surface area contributed by atoms with Crippen LogP contribution >= 0.6 is 0 Å². The fraction of sp³-hybridized carbons (Fsp3) is 0.286. The number of nitrogens with zero attached hydrogens (tertiary/aromatic N) is 3. The zero-order valence-electron chi connectivity index (χ0n) is 16.5. The van der Waals surface area contributed by atoms with Gasteiger partial charge in [0.1, 0.15) is 23.3 Å². The molecule has 9 nitrogen and oxygen atoms in total. The highest BCUT2D eigenvalue weighted by Gasteiger charge is 2.31. The van der Waals surface area contributed by atoms with Crippen LogP contribution in [0.4, 0.5) is 0 Å². The summed E-state index contributed by atoms with van der Waals surface area (Å²) >= 11 is 0. The first-order valence-corrected chi connectivity index (χ1v) is 9.43. The molecule has 0 saturated carbocycles. The Bertz CT molecular complexity index is 1120. The largest absolute Gasteiger partial charge is 0.508 e. The van der Waals surface area contributed by atoms with Crippen molar-refractivity contribution >= 4 is 22.8 Å². The number of amides is 1. The van der Waals surface area contributed by atoms with E-state index in [2.05, 4.69) is 15.6 Å². The maximum atomic E-state index is 13.0. The number of hydrogen-bond donors (Lipinski definition) is 3. The number of hydrogen-bond acceptors (Lipinski definition) is 6. The molecule has 0 unspecified atom stereocenters. The number of carboxylic acid groups (broad SMARTS) is 1. The van der Waals surface area contributed by atoms with Gasteiger partial charge in [-0.25, -0.2) is 4.79 Å². The Labute approximate surface area is 172 Å². The molecule has 1 heterocycles. The van der Waals surface area contributed by atoms with Crippen molar-refractivity contribution in [3.8, 4) is 5.75 Å². The van der Waals surface area contributed by atoms with Gasteiger partial charge in [0, 0.05) is 6.42 Å². The second kappa shape index (κ2) is 8.73. The molecule has 30 heavy (non-hydrogen) atoms. The van der Waals surface area contributed by atoms with Gasteiger partial charge in [-0.1, -0.05) is 43.3 Å². The Morgan fingerprint density at radius 2 is 1.77 bits per heavy atom. The van der Waals surface area contributed by atoms with Gasteiger partial charge in [0.15, 0.2) is 0 Å². The van der Waals surface area contributed by atoms with E-state index in [9.17, 15) is 24.6 Å². The maximum Gasteiger partial charge on any atom is 0.326 e. The molecule has 1 amide bonds. The smallest absolute Gasteiger partial charge is 0.326 e. The van der Waals surface area contributed by atoms with Crippen LogP contribution in [0.1, 0.15) is 25.5 Å². The average molecular weight is 410 g/mol. The normalized spacial score (nSPS) is 13.2. The summed E-state index contributed by atoms with van der Waals surface area (Å²) in [5.74, 6) is -2.14. The number of aromatic nitrogens is 3. The molecule has 3 rings (SSSR count). The second-order valence-corrected chi connectivity index (χ2v) is 7.32. The van der Waals surface area contributed by atoms with Crippen molar-refractivity contribution in [1.29, 1.82) is 0 Å². The first-order chi connectivity index (χ1) is 14.3. The number of benzene rings is 2. The highest BCUT2D eigenvalue weighted by atomic mass is 16.4. The Kier molecular flexibility index (Phi) is 6.10. The zero-order valence-corrected chi connectivity index (χ0v) is 16.5. The number of nitrogens with one attached hydrogen (secondary N) is 1. The summed E-state index contributed by atoms with van der Waals surface area (Å²) in [6.45, 7) is 3.48. The molecule has 0 fully saturated rings. The van der Waals surface area contributed by atoms with Gasteiger partial charge in [-0.15, -0.1) is 5.10 Å².